The molecule has 2 aromatic carbocycles. The van der Waals surface area contributed by atoms with Crippen molar-refractivity contribution in [2.45, 2.75) is 58.1 Å². The Bertz CT molecular complexity index is 1560. The quantitative estimate of drug-likeness (QED) is 0.278. The van der Waals surface area contributed by atoms with Crippen LogP contribution >= 0.6 is 0 Å². The molecule has 11 heteroatoms. The summed E-state index contributed by atoms with van der Waals surface area (Å²) in [4.78, 5) is 8.61. The zero-order chi connectivity index (χ0) is 33.0. The van der Waals surface area contributed by atoms with Crippen LogP contribution in [0.4, 0.5) is 23.4 Å². The van der Waals surface area contributed by atoms with Crippen molar-refractivity contribution in [3.8, 4) is 11.5 Å². The first-order valence-corrected chi connectivity index (χ1v) is 12.2. The molecule has 1 atom stereocenters. The molecule has 0 spiro atoms. The molecule has 1 fully saturated rings. The second-order valence-electron chi connectivity index (χ2n) is 10.3. The maximum absolute atomic E-state index is 15.5. The summed E-state index contributed by atoms with van der Waals surface area (Å²) in [6.07, 6.45) is 0.911. The molecule has 212 valence electrons. The van der Waals surface area contributed by atoms with Crippen LogP contribution in [0.2, 0.25) is 0 Å². The Morgan fingerprint density at radius 3 is 2.51 bits per heavy atom. The number of fused-ring (bicyclic) bond motifs is 1. The van der Waals surface area contributed by atoms with Gasteiger partial charge in [-0.1, -0.05) is 0 Å². The van der Waals surface area contributed by atoms with E-state index in [4.69, 9.17) is 21.1 Å². The fourth-order valence-electron chi connectivity index (χ4n) is 4.15. The summed E-state index contributed by atoms with van der Waals surface area (Å²) in [7, 11) is -1.51. The first-order valence-electron chi connectivity index (χ1n) is 14.7. The van der Waals surface area contributed by atoms with Gasteiger partial charge in [-0.3, -0.25) is 0 Å². The lowest BCUT2D eigenvalue weighted by molar-refractivity contribution is -0.170. The van der Waals surface area contributed by atoms with Crippen molar-refractivity contribution in [1.29, 1.82) is 0 Å². The molecule has 0 saturated heterocycles. The molecule has 39 heavy (non-hydrogen) atoms. The number of aromatic nitrogens is 2. The van der Waals surface area contributed by atoms with Crippen LogP contribution in [0, 0.1) is 24.0 Å². The molecular weight excluding hydrogens is 518 g/mol. The van der Waals surface area contributed by atoms with Crippen molar-refractivity contribution < 1.29 is 43.7 Å². The molecule has 4 rings (SSSR count). The normalized spacial score (nSPS) is 18.4. The molecule has 1 aliphatic carbocycles. The van der Waals surface area contributed by atoms with Gasteiger partial charge in [0.25, 0.3) is 0 Å². The summed E-state index contributed by atoms with van der Waals surface area (Å²) in [5, 5.41) is 13.0. The molecule has 3 aromatic rings. The first-order chi connectivity index (χ1) is 20.1. The molecular formula is C28H33F4N3O4. The molecule has 1 aliphatic rings. The van der Waals surface area contributed by atoms with E-state index in [0.29, 0.717) is 18.9 Å². The number of alkyl halides is 2. The summed E-state index contributed by atoms with van der Waals surface area (Å²) >= 11 is 0. The predicted octanol–water partition coefficient (Wildman–Crippen LogP) is 6.07. The van der Waals surface area contributed by atoms with E-state index in [1.54, 1.807) is 0 Å². The lowest BCUT2D eigenvalue weighted by atomic mass is 9.90. The average molecular weight is 557 g/mol. The number of benzene rings is 2. The molecule has 7 nitrogen and oxygen atoms in total. The number of ether oxygens (including phenoxy) is 3. The van der Waals surface area contributed by atoms with Gasteiger partial charge in [0.2, 0.25) is 0 Å². The fourth-order valence-corrected chi connectivity index (χ4v) is 4.15. The van der Waals surface area contributed by atoms with E-state index in [-0.39, 0.29) is 40.7 Å². The van der Waals surface area contributed by atoms with Crippen molar-refractivity contribution in [1.82, 2.24) is 9.97 Å². The summed E-state index contributed by atoms with van der Waals surface area (Å²) in [5.74, 6) is -7.20. The van der Waals surface area contributed by atoms with Crippen molar-refractivity contribution >= 4 is 16.7 Å². The highest BCUT2D eigenvalue weighted by Crippen LogP contribution is 2.47. The minimum atomic E-state index is -4.14. The number of aryl methyl sites for hydroxylation is 1. The van der Waals surface area contributed by atoms with Crippen LogP contribution in [-0.4, -0.2) is 48.0 Å². The van der Waals surface area contributed by atoms with Gasteiger partial charge in [-0.2, -0.15) is 8.78 Å². The summed E-state index contributed by atoms with van der Waals surface area (Å²) in [5.41, 5.74) is -5.37. The Balaban J connectivity index is 1.81. The Hall–Kier alpha value is -3.18. The standard InChI is InChI=1S/C28H33F4N3O4/c1-15(18-9-17(29)10-20(24(18)30)28(31,32)26(3,4)36)33-25-19-11-23(39-14-27(7-8-27)13-37-5)22(38-6)12-21(19)34-16(2)35-25/h9-12,15,36H,7-8,13-14H2,1-6H3,(H,33,34,35)/t15-/m1/s1/i6D3,14D2. The van der Waals surface area contributed by atoms with Crippen LogP contribution < -0.4 is 14.8 Å². The van der Waals surface area contributed by atoms with Crippen molar-refractivity contribution in [2.24, 2.45) is 5.41 Å². The van der Waals surface area contributed by atoms with Gasteiger partial charge >= 0.3 is 5.92 Å². The number of rotatable bonds is 11. The van der Waals surface area contributed by atoms with Gasteiger partial charge in [-0.05, 0) is 58.7 Å². The zero-order valence-corrected chi connectivity index (χ0v) is 22.1. The Kier molecular flexibility index (Phi) is 6.04. The Morgan fingerprint density at radius 1 is 1.18 bits per heavy atom. The van der Waals surface area contributed by atoms with Gasteiger partial charge in [0.1, 0.15) is 28.9 Å². The summed E-state index contributed by atoms with van der Waals surface area (Å²) in [6, 6.07) is 2.36. The number of methoxy groups -OCH3 is 2. The van der Waals surface area contributed by atoms with E-state index in [0.717, 1.165) is 19.9 Å². The highest BCUT2D eigenvalue weighted by molar-refractivity contribution is 5.92. The molecule has 1 aromatic heterocycles. The van der Waals surface area contributed by atoms with Gasteiger partial charge in [0.05, 0.1) is 44.2 Å². The van der Waals surface area contributed by atoms with Gasteiger partial charge < -0.3 is 24.6 Å². The molecule has 2 N–H and O–H groups in total. The second-order valence-corrected chi connectivity index (χ2v) is 10.3. The van der Waals surface area contributed by atoms with Crippen LogP contribution in [0.5, 0.6) is 11.5 Å². The van der Waals surface area contributed by atoms with Gasteiger partial charge in [0, 0.05) is 29.5 Å². The molecule has 0 aliphatic heterocycles. The third kappa shape index (κ3) is 5.74. The maximum Gasteiger partial charge on any atom is 0.303 e. The number of halogens is 4. The van der Waals surface area contributed by atoms with Crippen LogP contribution in [0.1, 0.15) is 63.5 Å². The number of anilines is 1. The number of nitrogens with zero attached hydrogens (tertiary/aromatic N) is 2. The molecule has 0 amide bonds. The Morgan fingerprint density at radius 2 is 1.90 bits per heavy atom. The van der Waals surface area contributed by atoms with E-state index < -0.39 is 59.3 Å². The molecule has 1 saturated carbocycles. The highest BCUT2D eigenvalue weighted by atomic mass is 19.3. The largest absolute Gasteiger partial charge is 0.493 e. The van der Waals surface area contributed by atoms with Crippen molar-refractivity contribution in [2.75, 3.05) is 32.6 Å². The topological polar surface area (TPSA) is 85.7 Å². The van der Waals surface area contributed by atoms with Gasteiger partial charge in [-0.15, -0.1) is 0 Å². The third-order valence-electron chi connectivity index (χ3n) is 6.63. The van der Waals surface area contributed by atoms with Crippen LogP contribution in [0.25, 0.3) is 10.9 Å². The number of hydrogen-bond donors (Lipinski definition) is 2. The van der Waals surface area contributed by atoms with Crippen molar-refractivity contribution in [3.05, 3.63) is 52.9 Å². The minimum absolute atomic E-state index is 0.00308. The fraction of sp³-hybridized carbons (Fsp3) is 0.500. The minimum Gasteiger partial charge on any atom is -0.493 e. The third-order valence-corrected chi connectivity index (χ3v) is 6.63. The van der Waals surface area contributed by atoms with E-state index in [9.17, 15) is 18.3 Å². The van der Waals surface area contributed by atoms with E-state index >= 15 is 4.39 Å². The van der Waals surface area contributed by atoms with Crippen molar-refractivity contribution in [3.63, 3.8) is 0 Å². The second kappa shape index (κ2) is 10.4. The Labute approximate surface area is 231 Å². The molecule has 0 bridgehead atoms. The van der Waals surface area contributed by atoms with Crippen LogP contribution in [0.3, 0.4) is 0 Å². The van der Waals surface area contributed by atoms with E-state index in [2.05, 4.69) is 15.3 Å². The average Bonchev–Trinajstić information content (AvgIpc) is 3.66. The smallest absolute Gasteiger partial charge is 0.303 e. The zero-order valence-electron chi connectivity index (χ0n) is 27.1. The summed E-state index contributed by atoms with van der Waals surface area (Å²) in [6.45, 7) is 2.17. The molecule has 1 heterocycles. The molecule has 0 unspecified atom stereocenters. The van der Waals surface area contributed by atoms with Crippen LogP contribution in [0.15, 0.2) is 24.3 Å². The maximum atomic E-state index is 15.5. The number of aliphatic hydroxyl groups is 1. The van der Waals surface area contributed by atoms with E-state index in [1.165, 1.54) is 33.1 Å². The highest BCUT2D eigenvalue weighted by Gasteiger charge is 2.49. The lowest BCUT2D eigenvalue weighted by Gasteiger charge is -2.30. The SMILES string of the molecule is [2H]C([2H])([2H])Oc1cc2nc(C)nc(N[C@H](C)c3cc(F)cc(C(F)(F)C(C)(C)O)c3F)c2cc1OC([2H])([2H])C1(COC)CC1. The summed E-state index contributed by atoms with van der Waals surface area (Å²) < 4.78 is 116. The van der Waals surface area contributed by atoms with E-state index in [1.807, 2.05) is 0 Å². The predicted molar refractivity (Wildman–Crippen MR) is 138 cm³/mol. The van der Waals surface area contributed by atoms with Gasteiger partial charge in [0.15, 0.2) is 11.5 Å². The molecule has 0 radical (unpaired) electrons. The number of nitrogens with one attached hydrogen (secondary N) is 1. The van der Waals surface area contributed by atoms with Crippen LogP contribution in [-0.2, 0) is 10.7 Å². The first kappa shape index (κ1) is 22.6. The number of hydrogen-bond acceptors (Lipinski definition) is 7. The van der Waals surface area contributed by atoms with Gasteiger partial charge in [-0.25, -0.2) is 18.7 Å². The lowest BCUT2D eigenvalue weighted by Crippen LogP contribution is -2.41. The monoisotopic (exact) mass is 556 g/mol.